The number of rotatable bonds is 2. The maximum atomic E-state index is 13.3. The summed E-state index contributed by atoms with van der Waals surface area (Å²) in [7, 11) is 1.48. The van der Waals surface area contributed by atoms with Gasteiger partial charge in [0.25, 0.3) is 0 Å². The molecule has 0 spiro atoms. The predicted molar refractivity (Wildman–Crippen MR) is 76.5 cm³/mol. The van der Waals surface area contributed by atoms with E-state index in [9.17, 15) is 13.2 Å². The number of fused-ring (bicyclic) bond motifs is 1. The van der Waals surface area contributed by atoms with Gasteiger partial charge in [0.15, 0.2) is 0 Å². The van der Waals surface area contributed by atoms with Gasteiger partial charge in [0, 0.05) is 17.6 Å². The van der Waals surface area contributed by atoms with Crippen molar-refractivity contribution in [2.75, 3.05) is 7.11 Å². The van der Waals surface area contributed by atoms with Crippen LogP contribution in [0, 0.1) is 0 Å². The van der Waals surface area contributed by atoms with Crippen LogP contribution in [0.15, 0.2) is 48.7 Å². The zero-order chi connectivity index (χ0) is 15.7. The first-order valence-corrected chi connectivity index (χ1v) is 6.46. The first-order chi connectivity index (χ1) is 10.5. The summed E-state index contributed by atoms with van der Waals surface area (Å²) in [4.78, 5) is 8.35. The number of pyridine rings is 2. The van der Waals surface area contributed by atoms with E-state index in [1.807, 2.05) is 0 Å². The minimum atomic E-state index is -4.46. The fourth-order valence-corrected chi connectivity index (χ4v) is 2.22. The monoisotopic (exact) mass is 304 g/mol. The third kappa shape index (κ3) is 2.59. The average Bonchev–Trinajstić information content (AvgIpc) is 2.53. The lowest BCUT2D eigenvalue weighted by molar-refractivity contribution is -0.136. The van der Waals surface area contributed by atoms with Crippen LogP contribution in [0.4, 0.5) is 13.2 Å². The van der Waals surface area contributed by atoms with E-state index >= 15 is 0 Å². The molecule has 0 aliphatic heterocycles. The van der Waals surface area contributed by atoms with Gasteiger partial charge in [-0.15, -0.1) is 0 Å². The van der Waals surface area contributed by atoms with Crippen LogP contribution in [0.25, 0.3) is 22.3 Å². The summed E-state index contributed by atoms with van der Waals surface area (Å²) in [5.74, 6) is 0.508. The van der Waals surface area contributed by atoms with E-state index in [2.05, 4.69) is 9.97 Å². The molecular weight excluding hydrogens is 293 g/mol. The standard InChI is InChI=1S/C16H11F3N2O/c1-22-10-6-7-20-14(8-10)15-9-12(16(17,18)19)11-4-2-3-5-13(11)21-15/h2-9H,1H3. The maximum Gasteiger partial charge on any atom is 0.417 e. The summed E-state index contributed by atoms with van der Waals surface area (Å²) in [5, 5.41) is 0.0710. The van der Waals surface area contributed by atoms with Gasteiger partial charge in [0.05, 0.1) is 29.6 Å². The molecule has 2 aromatic heterocycles. The Morgan fingerprint density at radius 3 is 2.50 bits per heavy atom. The van der Waals surface area contributed by atoms with E-state index in [0.717, 1.165) is 6.07 Å². The lowest BCUT2D eigenvalue weighted by Gasteiger charge is -2.12. The maximum absolute atomic E-state index is 13.3. The molecule has 0 aliphatic rings. The van der Waals surface area contributed by atoms with Gasteiger partial charge in [-0.25, -0.2) is 4.98 Å². The summed E-state index contributed by atoms with van der Waals surface area (Å²) in [5.41, 5.74) is 0.0372. The summed E-state index contributed by atoms with van der Waals surface area (Å²) in [6.07, 6.45) is -2.99. The van der Waals surface area contributed by atoms with Gasteiger partial charge in [0.1, 0.15) is 5.75 Å². The molecule has 3 rings (SSSR count). The normalized spacial score (nSPS) is 11.6. The van der Waals surface area contributed by atoms with Crippen molar-refractivity contribution in [2.24, 2.45) is 0 Å². The minimum Gasteiger partial charge on any atom is -0.497 e. The highest BCUT2D eigenvalue weighted by atomic mass is 19.4. The van der Waals surface area contributed by atoms with Crippen LogP contribution in [0.3, 0.4) is 0 Å². The number of benzene rings is 1. The highest BCUT2D eigenvalue weighted by Gasteiger charge is 2.33. The molecule has 22 heavy (non-hydrogen) atoms. The minimum absolute atomic E-state index is 0.0710. The van der Waals surface area contributed by atoms with Crippen molar-refractivity contribution >= 4 is 10.9 Å². The highest BCUT2D eigenvalue weighted by molar-refractivity contribution is 5.85. The third-order valence-corrected chi connectivity index (χ3v) is 3.25. The van der Waals surface area contributed by atoms with Gasteiger partial charge < -0.3 is 4.74 Å². The second-order valence-electron chi connectivity index (χ2n) is 4.65. The van der Waals surface area contributed by atoms with Crippen LogP contribution in [0.5, 0.6) is 5.75 Å². The van der Waals surface area contributed by atoms with Crippen molar-refractivity contribution in [3.63, 3.8) is 0 Å². The number of methoxy groups -OCH3 is 1. The Morgan fingerprint density at radius 1 is 1.00 bits per heavy atom. The van der Waals surface area contributed by atoms with Gasteiger partial charge in [-0.2, -0.15) is 13.2 Å². The molecule has 0 N–H and O–H groups in total. The Bertz CT molecular complexity index is 831. The number of para-hydroxylation sites is 1. The molecule has 0 atom stereocenters. The van der Waals surface area contributed by atoms with Crippen LogP contribution in [0.2, 0.25) is 0 Å². The van der Waals surface area contributed by atoms with Crippen LogP contribution in [-0.2, 0) is 6.18 Å². The van der Waals surface area contributed by atoms with Crippen molar-refractivity contribution in [3.8, 4) is 17.1 Å². The molecule has 3 aromatic rings. The molecule has 112 valence electrons. The predicted octanol–water partition coefficient (Wildman–Crippen LogP) is 4.32. The first kappa shape index (κ1) is 14.3. The molecule has 0 fully saturated rings. The molecule has 2 heterocycles. The molecule has 3 nitrogen and oxygen atoms in total. The van der Waals surface area contributed by atoms with E-state index in [1.165, 1.54) is 19.4 Å². The second-order valence-corrected chi connectivity index (χ2v) is 4.65. The Labute approximate surface area is 124 Å². The van der Waals surface area contributed by atoms with Crippen LogP contribution in [-0.4, -0.2) is 17.1 Å². The SMILES string of the molecule is COc1ccnc(-c2cc(C(F)(F)F)c3ccccc3n2)c1. The lowest BCUT2D eigenvalue weighted by Crippen LogP contribution is -2.07. The van der Waals surface area contributed by atoms with E-state index in [1.54, 1.807) is 30.3 Å². The van der Waals surface area contributed by atoms with E-state index in [0.29, 0.717) is 11.4 Å². The Hall–Kier alpha value is -2.63. The van der Waals surface area contributed by atoms with Crippen molar-refractivity contribution in [3.05, 3.63) is 54.2 Å². The highest BCUT2D eigenvalue weighted by Crippen LogP contribution is 2.36. The summed E-state index contributed by atoms with van der Waals surface area (Å²) in [6.45, 7) is 0. The molecule has 0 saturated heterocycles. The van der Waals surface area contributed by atoms with Gasteiger partial charge in [-0.1, -0.05) is 18.2 Å². The van der Waals surface area contributed by atoms with Crippen LogP contribution in [0.1, 0.15) is 5.56 Å². The fourth-order valence-electron chi connectivity index (χ4n) is 2.22. The largest absolute Gasteiger partial charge is 0.497 e. The number of ether oxygens (including phenoxy) is 1. The molecule has 0 bridgehead atoms. The second kappa shape index (κ2) is 5.29. The molecule has 0 amide bonds. The Kier molecular flexibility index (Phi) is 3.44. The van der Waals surface area contributed by atoms with Crippen molar-refractivity contribution in [1.29, 1.82) is 0 Å². The molecular formula is C16H11F3N2O. The number of alkyl halides is 3. The van der Waals surface area contributed by atoms with Crippen LogP contribution < -0.4 is 4.74 Å². The molecule has 0 unspecified atom stereocenters. The van der Waals surface area contributed by atoms with E-state index in [4.69, 9.17) is 4.74 Å². The molecule has 0 saturated carbocycles. The molecule has 0 aliphatic carbocycles. The third-order valence-electron chi connectivity index (χ3n) is 3.25. The quantitative estimate of drug-likeness (QED) is 0.707. The lowest BCUT2D eigenvalue weighted by atomic mass is 10.1. The van der Waals surface area contributed by atoms with Crippen molar-refractivity contribution in [2.45, 2.75) is 6.18 Å². The molecule has 6 heteroatoms. The number of aromatic nitrogens is 2. The smallest absolute Gasteiger partial charge is 0.417 e. The average molecular weight is 304 g/mol. The van der Waals surface area contributed by atoms with Gasteiger partial charge in [-0.3, -0.25) is 4.98 Å². The zero-order valence-electron chi connectivity index (χ0n) is 11.6. The summed E-state index contributed by atoms with van der Waals surface area (Å²) < 4.78 is 44.9. The van der Waals surface area contributed by atoms with Gasteiger partial charge in [0.2, 0.25) is 0 Å². The number of nitrogens with zero attached hydrogens (tertiary/aromatic N) is 2. The molecule has 1 aromatic carbocycles. The number of hydrogen-bond acceptors (Lipinski definition) is 3. The summed E-state index contributed by atoms with van der Waals surface area (Å²) >= 11 is 0. The summed E-state index contributed by atoms with van der Waals surface area (Å²) in [6, 6.07) is 10.4. The van der Waals surface area contributed by atoms with E-state index in [-0.39, 0.29) is 16.6 Å². The number of hydrogen-bond donors (Lipinski definition) is 0. The van der Waals surface area contributed by atoms with Crippen molar-refractivity contribution < 1.29 is 17.9 Å². The number of halogens is 3. The topological polar surface area (TPSA) is 35.0 Å². The van der Waals surface area contributed by atoms with Gasteiger partial charge >= 0.3 is 6.18 Å². The van der Waals surface area contributed by atoms with Gasteiger partial charge in [-0.05, 0) is 18.2 Å². The Balaban J connectivity index is 2.27. The van der Waals surface area contributed by atoms with Crippen molar-refractivity contribution in [1.82, 2.24) is 9.97 Å². The Morgan fingerprint density at radius 2 is 1.77 bits per heavy atom. The van der Waals surface area contributed by atoms with E-state index < -0.39 is 11.7 Å². The van der Waals surface area contributed by atoms with Crippen LogP contribution >= 0.6 is 0 Å². The zero-order valence-corrected chi connectivity index (χ0v) is 11.6. The first-order valence-electron chi connectivity index (χ1n) is 6.46. The fraction of sp³-hybridized carbons (Fsp3) is 0.125. The molecule has 0 radical (unpaired) electrons.